The Morgan fingerprint density at radius 3 is 2.75 bits per heavy atom. The van der Waals surface area contributed by atoms with E-state index in [1.807, 2.05) is 30.5 Å². The van der Waals surface area contributed by atoms with Gasteiger partial charge in [-0.1, -0.05) is 30.3 Å². The van der Waals surface area contributed by atoms with E-state index in [4.69, 9.17) is 0 Å². The minimum absolute atomic E-state index is 1.01. The lowest BCUT2D eigenvalue weighted by molar-refractivity contribution is 1.36. The SMILES string of the molecule is C1=Nc2c3c(ccc2=C1)=c1ccccc1=N3. The summed E-state index contributed by atoms with van der Waals surface area (Å²) in [6, 6.07) is 12.5. The van der Waals surface area contributed by atoms with Crippen LogP contribution in [0.1, 0.15) is 0 Å². The molecule has 0 atom stereocenters. The highest BCUT2D eigenvalue weighted by Crippen LogP contribution is 2.28. The molecule has 2 heterocycles. The van der Waals surface area contributed by atoms with Crippen molar-refractivity contribution in [3.8, 4) is 0 Å². The highest BCUT2D eigenvalue weighted by atomic mass is 14.8. The highest BCUT2D eigenvalue weighted by Gasteiger charge is 2.10. The summed E-state index contributed by atoms with van der Waals surface area (Å²) >= 11 is 0. The van der Waals surface area contributed by atoms with Crippen LogP contribution in [-0.4, -0.2) is 6.21 Å². The molecule has 2 aliphatic rings. The summed E-state index contributed by atoms with van der Waals surface area (Å²) < 4.78 is 0. The van der Waals surface area contributed by atoms with E-state index in [1.54, 1.807) is 0 Å². The van der Waals surface area contributed by atoms with Crippen molar-refractivity contribution in [2.45, 2.75) is 0 Å². The van der Waals surface area contributed by atoms with Crippen molar-refractivity contribution >= 4 is 23.7 Å². The molecule has 0 radical (unpaired) electrons. The van der Waals surface area contributed by atoms with Gasteiger partial charge in [-0.15, -0.1) is 0 Å². The summed E-state index contributed by atoms with van der Waals surface area (Å²) in [6.07, 6.45) is 3.86. The topological polar surface area (TPSA) is 24.7 Å². The van der Waals surface area contributed by atoms with Crippen LogP contribution in [0.25, 0.3) is 6.08 Å². The first-order valence-electron chi connectivity index (χ1n) is 5.29. The molecule has 0 N–H and O–H groups in total. The van der Waals surface area contributed by atoms with Crippen LogP contribution in [0.4, 0.5) is 11.4 Å². The van der Waals surface area contributed by atoms with Gasteiger partial charge in [0.25, 0.3) is 0 Å². The largest absolute Gasteiger partial charge is 0.254 e. The van der Waals surface area contributed by atoms with Crippen molar-refractivity contribution in [2.24, 2.45) is 9.98 Å². The van der Waals surface area contributed by atoms with Crippen molar-refractivity contribution in [3.63, 3.8) is 0 Å². The van der Waals surface area contributed by atoms with E-state index in [-0.39, 0.29) is 0 Å². The van der Waals surface area contributed by atoms with E-state index < -0.39 is 0 Å². The van der Waals surface area contributed by atoms with Crippen LogP contribution in [0.15, 0.2) is 46.4 Å². The average molecular weight is 204 g/mol. The second-order valence-electron chi connectivity index (χ2n) is 3.97. The molecule has 2 aromatic rings. The van der Waals surface area contributed by atoms with Crippen molar-refractivity contribution in [3.05, 3.63) is 57.4 Å². The molecule has 0 saturated carbocycles. The summed E-state index contributed by atoms with van der Waals surface area (Å²) in [6.45, 7) is 0. The third-order valence-electron chi connectivity index (χ3n) is 3.07. The minimum atomic E-state index is 1.01. The molecule has 0 fully saturated rings. The fraction of sp³-hybridized carbons (Fsp3) is 0. The minimum Gasteiger partial charge on any atom is -0.254 e. The maximum atomic E-state index is 4.65. The number of hydrogen-bond donors (Lipinski definition) is 0. The zero-order chi connectivity index (χ0) is 10.5. The molecule has 2 nitrogen and oxygen atoms in total. The smallest absolute Gasteiger partial charge is 0.0978 e. The standard InChI is InChI=1S/C14H8N2/c1-2-4-12-10(3-1)11-6-5-9-7-8-15-13(9)14(11)16-12/h1-8H. The van der Waals surface area contributed by atoms with Gasteiger partial charge in [0.2, 0.25) is 0 Å². The van der Waals surface area contributed by atoms with Crippen molar-refractivity contribution in [2.75, 3.05) is 0 Å². The molecule has 0 aliphatic carbocycles. The summed E-state index contributed by atoms with van der Waals surface area (Å²) in [4.78, 5) is 9.03. The number of para-hydroxylation sites is 1. The Kier molecular flexibility index (Phi) is 1.33. The lowest BCUT2D eigenvalue weighted by atomic mass is 10.1. The van der Waals surface area contributed by atoms with E-state index >= 15 is 0 Å². The predicted octanol–water partition coefficient (Wildman–Crippen LogP) is 1.73. The Hall–Kier alpha value is -2.22. The summed E-state index contributed by atoms with van der Waals surface area (Å²) in [5.74, 6) is 0. The van der Waals surface area contributed by atoms with Gasteiger partial charge in [0.15, 0.2) is 0 Å². The Balaban J connectivity index is 2.35. The second kappa shape index (κ2) is 2.67. The van der Waals surface area contributed by atoms with E-state index in [0.29, 0.717) is 0 Å². The Morgan fingerprint density at radius 2 is 1.75 bits per heavy atom. The molecule has 0 unspecified atom stereocenters. The molecule has 2 aromatic carbocycles. The summed E-state index contributed by atoms with van der Waals surface area (Å²) in [7, 11) is 0. The molecule has 0 aromatic heterocycles. The van der Waals surface area contributed by atoms with Crippen LogP contribution >= 0.6 is 0 Å². The molecule has 4 rings (SSSR count). The van der Waals surface area contributed by atoms with Gasteiger partial charge in [-0.2, -0.15) is 0 Å². The van der Waals surface area contributed by atoms with Crippen molar-refractivity contribution in [1.29, 1.82) is 0 Å². The number of nitrogens with zero attached hydrogens (tertiary/aromatic N) is 2. The van der Waals surface area contributed by atoms with Crippen LogP contribution in [0, 0.1) is 10.4 Å². The second-order valence-corrected chi connectivity index (χ2v) is 3.97. The molecule has 2 heteroatoms. The lowest BCUT2D eigenvalue weighted by Crippen LogP contribution is -1.97. The number of fused-ring (bicyclic) bond motifs is 4. The summed E-state index contributed by atoms with van der Waals surface area (Å²) in [5, 5.41) is 4.62. The van der Waals surface area contributed by atoms with Gasteiger partial charge in [0.05, 0.1) is 16.7 Å². The molecule has 16 heavy (non-hydrogen) atoms. The maximum Gasteiger partial charge on any atom is 0.0978 e. The molecule has 74 valence electrons. The van der Waals surface area contributed by atoms with Gasteiger partial charge in [-0.05, 0) is 12.1 Å². The molecule has 0 saturated heterocycles. The molecule has 0 amide bonds. The van der Waals surface area contributed by atoms with Gasteiger partial charge in [0.1, 0.15) is 0 Å². The van der Waals surface area contributed by atoms with Gasteiger partial charge in [0, 0.05) is 21.9 Å². The van der Waals surface area contributed by atoms with Gasteiger partial charge in [-0.25, -0.2) is 4.99 Å². The number of benzene rings is 2. The fourth-order valence-corrected chi connectivity index (χ4v) is 2.31. The monoisotopic (exact) mass is 204 g/mol. The van der Waals surface area contributed by atoms with Crippen molar-refractivity contribution in [1.82, 2.24) is 0 Å². The first kappa shape index (κ1) is 7.99. The van der Waals surface area contributed by atoms with E-state index in [2.05, 4.69) is 28.2 Å². The lowest BCUT2D eigenvalue weighted by Gasteiger charge is -1.95. The Labute approximate surface area is 91.6 Å². The molecular weight excluding hydrogens is 196 g/mol. The zero-order valence-corrected chi connectivity index (χ0v) is 8.51. The first-order chi connectivity index (χ1) is 7.93. The van der Waals surface area contributed by atoms with E-state index in [0.717, 1.165) is 22.0 Å². The molecule has 0 spiro atoms. The normalized spacial score (nSPS) is 13.8. The van der Waals surface area contributed by atoms with Gasteiger partial charge in [-0.3, -0.25) is 4.99 Å². The highest BCUT2D eigenvalue weighted by molar-refractivity contribution is 5.98. The van der Waals surface area contributed by atoms with E-state index in [1.165, 1.54) is 10.4 Å². The number of rotatable bonds is 0. The molecular formula is C14H8N2. The van der Waals surface area contributed by atoms with Crippen LogP contribution in [0.2, 0.25) is 0 Å². The summed E-state index contributed by atoms with van der Waals surface area (Å²) in [5.41, 5.74) is 2.03. The van der Waals surface area contributed by atoms with Crippen LogP contribution in [0.5, 0.6) is 0 Å². The first-order valence-corrected chi connectivity index (χ1v) is 5.29. The molecule has 0 bridgehead atoms. The predicted molar refractivity (Wildman–Crippen MR) is 63.6 cm³/mol. The Morgan fingerprint density at radius 1 is 0.812 bits per heavy atom. The Bertz CT molecular complexity index is 845. The number of aliphatic imine (C=N–C) groups is 1. The zero-order valence-electron chi connectivity index (χ0n) is 8.51. The third kappa shape index (κ3) is 0.865. The third-order valence-corrected chi connectivity index (χ3v) is 3.07. The van der Waals surface area contributed by atoms with Crippen LogP contribution in [-0.2, 0) is 0 Å². The van der Waals surface area contributed by atoms with Crippen molar-refractivity contribution < 1.29 is 0 Å². The van der Waals surface area contributed by atoms with Crippen LogP contribution < -0.4 is 10.6 Å². The average Bonchev–Trinajstić information content (AvgIpc) is 2.92. The molecule has 2 aliphatic heterocycles. The van der Waals surface area contributed by atoms with E-state index in [9.17, 15) is 0 Å². The fourth-order valence-electron chi connectivity index (χ4n) is 2.31. The van der Waals surface area contributed by atoms with Gasteiger partial charge >= 0.3 is 0 Å². The number of hydrogen-bond acceptors (Lipinski definition) is 2. The van der Waals surface area contributed by atoms with Crippen LogP contribution in [0.3, 0.4) is 0 Å². The quantitative estimate of drug-likeness (QED) is 0.533. The van der Waals surface area contributed by atoms with Gasteiger partial charge < -0.3 is 0 Å². The maximum absolute atomic E-state index is 4.65.